The molecule has 0 unspecified atom stereocenters. The highest BCUT2D eigenvalue weighted by Gasteiger charge is 2.33. The summed E-state index contributed by atoms with van der Waals surface area (Å²) in [5.74, 6) is 0.363. The molecule has 0 aliphatic rings. The van der Waals surface area contributed by atoms with Gasteiger partial charge in [-0.05, 0) is 53.6 Å². The summed E-state index contributed by atoms with van der Waals surface area (Å²) < 4.78 is 87.9. The first kappa shape index (κ1) is 33.0. The molecule has 0 saturated heterocycles. The molecule has 0 radical (unpaired) electrons. The number of halogens is 6. The third kappa shape index (κ3) is 9.55. The van der Waals surface area contributed by atoms with Gasteiger partial charge in [0.1, 0.15) is 24.7 Å². The van der Waals surface area contributed by atoms with E-state index < -0.39 is 30.6 Å². The predicted octanol–water partition coefficient (Wildman–Crippen LogP) is 6.71. The van der Waals surface area contributed by atoms with Gasteiger partial charge < -0.3 is 19.5 Å². The maximum Gasteiger partial charge on any atom is 0.492 e. The smallest absolute Gasteiger partial charge is 0.489 e. The second-order valence-corrected chi connectivity index (χ2v) is 9.51. The number of ether oxygens (including phenoxy) is 2. The van der Waals surface area contributed by atoms with E-state index in [0.717, 1.165) is 35.4 Å². The van der Waals surface area contributed by atoms with Crippen LogP contribution in [0.5, 0.6) is 11.5 Å². The van der Waals surface area contributed by atoms with Gasteiger partial charge in [-0.25, -0.2) is 0 Å². The summed E-state index contributed by atoms with van der Waals surface area (Å²) in [7, 11) is -2.04. The van der Waals surface area contributed by atoms with Crippen LogP contribution in [0.15, 0.2) is 116 Å². The van der Waals surface area contributed by atoms with Gasteiger partial charge in [0, 0.05) is 16.6 Å². The molecule has 0 aliphatic heterocycles. The van der Waals surface area contributed by atoms with Crippen LogP contribution >= 0.6 is 0 Å². The van der Waals surface area contributed by atoms with Crippen LogP contribution in [0.1, 0.15) is 22.3 Å². The number of aromatic nitrogens is 2. The van der Waals surface area contributed by atoms with Gasteiger partial charge in [-0.3, -0.25) is 0 Å². The van der Waals surface area contributed by atoms with Crippen LogP contribution in [0.4, 0.5) is 26.3 Å². The standard InChI is InChI=1S/C18H13F3N2O.C14H12BF3O3/c19-18(20,21)15-6-7-17(24-12-13-4-2-1-3-5-13)16(10-15)14-8-9-22-23-11-14;16-14(17,18)11-6-7-13(12(8-11)15(19)20)21-9-10-4-2-1-3-5-10/h1-11H,12H2;1-8,19-20H,9H2. The number of benzene rings is 4. The predicted molar refractivity (Wildman–Crippen MR) is 155 cm³/mol. The number of rotatable bonds is 8. The molecule has 0 aliphatic carbocycles. The van der Waals surface area contributed by atoms with E-state index in [0.29, 0.717) is 22.9 Å². The molecule has 0 saturated carbocycles. The van der Waals surface area contributed by atoms with E-state index in [1.165, 1.54) is 18.5 Å². The minimum atomic E-state index is -4.55. The summed E-state index contributed by atoms with van der Waals surface area (Å²) >= 11 is 0. The zero-order valence-corrected chi connectivity index (χ0v) is 23.3. The van der Waals surface area contributed by atoms with Crippen LogP contribution in [-0.4, -0.2) is 27.4 Å². The molecule has 1 heterocycles. The number of hydrogen-bond acceptors (Lipinski definition) is 6. The van der Waals surface area contributed by atoms with Crippen LogP contribution in [0.25, 0.3) is 11.1 Å². The van der Waals surface area contributed by atoms with E-state index in [-0.39, 0.29) is 24.4 Å². The van der Waals surface area contributed by atoms with Crippen molar-refractivity contribution in [2.45, 2.75) is 25.6 Å². The minimum Gasteiger partial charge on any atom is -0.489 e. The average Bonchev–Trinajstić information content (AvgIpc) is 3.03. The van der Waals surface area contributed by atoms with Gasteiger partial charge in [-0.15, -0.1) is 0 Å². The zero-order valence-electron chi connectivity index (χ0n) is 23.3. The topological polar surface area (TPSA) is 84.7 Å². The molecule has 13 heteroatoms. The molecule has 5 rings (SSSR count). The van der Waals surface area contributed by atoms with Crippen molar-refractivity contribution >= 4 is 12.6 Å². The third-order valence-corrected chi connectivity index (χ3v) is 6.29. The highest BCUT2D eigenvalue weighted by atomic mass is 19.4. The first-order valence-electron chi connectivity index (χ1n) is 13.3. The van der Waals surface area contributed by atoms with E-state index in [4.69, 9.17) is 9.47 Å². The molecule has 2 N–H and O–H groups in total. The second-order valence-electron chi connectivity index (χ2n) is 9.51. The Morgan fingerprint density at radius 2 is 1.11 bits per heavy atom. The fourth-order valence-corrected chi connectivity index (χ4v) is 4.04. The van der Waals surface area contributed by atoms with Crippen molar-refractivity contribution in [1.82, 2.24) is 10.2 Å². The zero-order chi connectivity index (χ0) is 32.5. The van der Waals surface area contributed by atoms with Crippen molar-refractivity contribution in [1.29, 1.82) is 0 Å². The van der Waals surface area contributed by atoms with Crippen molar-refractivity contribution in [2.75, 3.05) is 0 Å². The molecular formula is C32H25BF6N2O4. The van der Waals surface area contributed by atoms with Gasteiger partial charge in [0.05, 0.1) is 23.5 Å². The fraction of sp³-hybridized carbons (Fsp3) is 0.125. The van der Waals surface area contributed by atoms with Crippen LogP contribution in [0.2, 0.25) is 0 Å². The van der Waals surface area contributed by atoms with Gasteiger partial charge in [0.2, 0.25) is 0 Å². The Kier molecular flexibility index (Phi) is 10.8. The molecule has 5 aromatic rings. The summed E-state index contributed by atoms with van der Waals surface area (Å²) in [5.41, 5.74) is 0.571. The van der Waals surface area contributed by atoms with E-state index >= 15 is 0 Å². The average molecular weight is 626 g/mol. The lowest BCUT2D eigenvalue weighted by Gasteiger charge is -2.14. The van der Waals surface area contributed by atoms with E-state index in [1.807, 2.05) is 36.4 Å². The Morgan fingerprint density at radius 3 is 1.60 bits per heavy atom. The van der Waals surface area contributed by atoms with Crippen LogP contribution < -0.4 is 14.9 Å². The SMILES string of the molecule is FC(F)(F)c1ccc(OCc2ccccc2)c(-c2ccnnc2)c1.OB(O)c1cc(C(F)(F)F)ccc1OCc1ccccc1. The Balaban J connectivity index is 0.000000207. The molecule has 4 aromatic carbocycles. The summed E-state index contributed by atoms with van der Waals surface area (Å²) in [4.78, 5) is 0. The number of nitrogens with zero attached hydrogens (tertiary/aromatic N) is 2. The first-order chi connectivity index (χ1) is 21.4. The molecule has 0 amide bonds. The van der Waals surface area contributed by atoms with Crippen molar-refractivity contribution in [3.63, 3.8) is 0 Å². The molecule has 0 atom stereocenters. The molecule has 0 fully saturated rings. The quantitative estimate of drug-likeness (QED) is 0.147. The third-order valence-electron chi connectivity index (χ3n) is 6.29. The highest BCUT2D eigenvalue weighted by Crippen LogP contribution is 2.37. The normalized spacial score (nSPS) is 11.3. The van der Waals surface area contributed by atoms with Crippen LogP contribution in [-0.2, 0) is 25.6 Å². The molecule has 232 valence electrons. The second kappa shape index (κ2) is 14.7. The Hall–Kier alpha value is -4.88. The van der Waals surface area contributed by atoms with Gasteiger partial charge >= 0.3 is 19.5 Å². The summed E-state index contributed by atoms with van der Waals surface area (Å²) in [6, 6.07) is 26.0. The van der Waals surface area contributed by atoms with Crippen LogP contribution in [0, 0.1) is 0 Å². The van der Waals surface area contributed by atoms with Crippen molar-refractivity contribution in [2.24, 2.45) is 0 Å². The van der Waals surface area contributed by atoms with E-state index in [9.17, 15) is 36.4 Å². The maximum absolute atomic E-state index is 13.0. The van der Waals surface area contributed by atoms with E-state index in [1.54, 1.807) is 30.3 Å². The lowest BCUT2D eigenvalue weighted by molar-refractivity contribution is -0.138. The minimum absolute atomic E-state index is 0.00172. The Morgan fingerprint density at radius 1 is 0.600 bits per heavy atom. The van der Waals surface area contributed by atoms with Crippen molar-refractivity contribution in [3.05, 3.63) is 138 Å². The molecular weight excluding hydrogens is 601 g/mol. The van der Waals surface area contributed by atoms with Crippen molar-refractivity contribution < 1.29 is 45.9 Å². The molecule has 0 bridgehead atoms. The van der Waals surface area contributed by atoms with Gasteiger partial charge in [0.15, 0.2) is 0 Å². The van der Waals surface area contributed by atoms with Crippen molar-refractivity contribution in [3.8, 4) is 22.6 Å². The highest BCUT2D eigenvalue weighted by molar-refractivity contribution is 6.59. The van der Waals surface area contributed by atoms with Gasteiger partial charge in [-0.2, -0.15) is 36.5 Å². The fourth-order valence-electron chi connectivity index (χ4n) is 4.04. The first-order valence-corrected chi connectivity index (χ1v) is 13.3. The molecule has 6 nitrogen and oxygen atoms in total. The largest absolute Gasteiger partial charge is 0.492 e. The van der Waals surface area contributed by atoms with Gasteiger partial charge in [-0.1, -0.05) is 60.7 Å². The summed E-state index contributed by atoms with van der Waals surface area (Å²) in [6.07, 6.45) is -6.14. The molecule has 1 aromatic heterocycles. The summed E-state index contributed by atoms with van der Waals surface area (Å²) in [6.45, 7) is 0.379. The Bertz CT molecular complexity index is 1660. The maximum atomic E-state index is 13.0. The Labute approximate surface area is 254 Å². The molecule has 45 heavy (non-hydrogen) atoms. The lowest BCUT2D eigenvalue weighted by atomic mass is 9.78. The van der Waals surface area contributed by atoms with Crippen LogP contribution in [0.3, 0.4) is 0 Å². The number of alkyl halides is 6. The van der Waals surface area contributed by atoms with E-state index in [2.05, 4.69) is 10.2 Å². The number of hydrogen-bond donors (Lipinski definition) is 2. The molecule has 0 spiro atoms. The van der Waals surface area contributed by atoms with Gasteiger partial charge in [0.25, 0.3) is 0 Å². The lowest BCUT2D eigenvalue weighted by Crippen LogP contribution is -2.32. The monoisotopic (exact) mass is 626 g/mol. The summed E-state index contributed by atoms with van der Waals surface area (Å²) in [5, 5.41) is 25.8.